The van der Waals surface area contributed by atoms with Crippen LogP contribution in [0.4, 0.5) is 0 Å². The molecule has 0 aliphatic heterocycles. The van der Waals surface area contributed by atoms with Crippen molar-refractivity contribution in [2.24, 2.45) is 10.8 Å². The first-order valence-corrected chi connectivity index (χ1v) is 9.79. The van der Waals surface area contributed by atoms with E-state index in [-0.39, 0.29) is 24.4 Å². The molecular weight excluding hydrogens is 384 g/mol. The Hall–Kier alpha value is -3.15. The number of benzene rings is 2. The standard InChI is InChI=1S/C24H26O6/c1-13(25)19-10-16-17(11-23(2,3)21(26)27)14-8-6-7-9-15(14)18(20(16)30-19)12-24(4,5)22(28)29/h6-10H,11-12H2,1-5H3,(H,26,27)(H,28,29). The summed E-state index contributed by atoms with van der Waals surface area (Å²) in [5.74, 6) is -1.94. The van der Waals surface area contributed by atoms with Crippen molar-refractivity contribution < 1.29 is 29.0 Å². The van der Waals surface area contributed by atoms with Crippen molar-refractivity contribution in [1.82, 2.24) is 0 Å². The molecule has 158 valence electrons. The number of fused-ring (bicyclic) bond motifs is 2. The van der Waals surface area contributed by atoms with E-state index < -0.39 is 22.8 Å². The number of ketones is 1. The third-order valence-electron chi connectivity index (χ3n) is 5.65. The lowest BCUT2D eigenvalue weighted by Gasteiger charge is -2.24. The molecule has 1 aromatic heterocycles. The summed E-state index contributed by atoms with van der Waals surface area (Å²) in [6.07, 6.45) is 0.436. The molecule has 0 bridgehead atoms. The second-order valence-electron chi connectivity index (χ2n) is 9.14. The molecule has 0 saturated heterocycles. The van der Waals surface area contributed by atoms with Crippen LogP contribution in [0.1, 0.15) is 56.3 Å². The lowest BCUT2D eigenvalue weighted by Crippen LogP contribution is -2.27. The van der Waals surface area contributed by atoms with Crippen LogP contribution >= 0.6 is 0 Å². The minimum absolute atomic E-state index is 0.170. The van der Waals surface area contributed by atoms with Crippen molar-refractivity contribution in [3.8, 4) is 0 Å². The van der Waals surface area contributed by atoms with Gasteiger partial charge in [0.15, 0.2) is 11.5 Å². The zero-order valence-electron chi connectivity index (χ0n) is 17.8. The Bertz CT molecular complexity index is 1090. The van der Waals surface area contributed by atoms with Gasteiger partial charge in [-0.1, -0.05) is 24.3 Å². The molecule has 2 aromatic carbocycles. The van der Waals surface area contributed by atoms with Crippen molar-refractivity contribution in [2.75, 3.05) is 0 Å². The maximum Gasteiger partial charge on any atom is 0.309 e. The summed E-state index contributed by atoms with van der Waals surface area (Å²) in [6, 6.07) is 9.15. The van der Waals surface area contributed by atoms with Gasteiger partial charge < -0.3 is 14.6 Å². The highest BCUT2D eigenvalue weighted by atomic mass is 16.4. The molecule has 3 aromatic rings. The van der Waals surface area contributed by atoms with Gasteiger partial charge in [0.2, 0.25) is 0 Å². The number of carboxylic acid groups (broad SMARTS) is 2. The monoisotopic (exact) mass is 410 g/mol. The molecular formula is C24H26O6. The molecule has 0 amide bonds. The predicted octanol–water partition coefficient (Wildman–Crippen LogP) is 5.10. The maximum atomic E-state index is 12.0. The Balaban J connectivity index is 2.42. The van der Waals surface area contributed by atoms with Gasteiger partial charge in [-0.2, -0.15) is 0 Å². The Morgan fingerprint density at radius 1 is 0.833 bits per heavy atom. The molecule has 0 aliphatic carbocycles. The van der Waals surface area contributed by atoms with Crippen molar-refractivity contribution in [1.29, 1.82) is 0 Å². The minimum Gasteiger partial charge on any atom is -0.481 e. The zero-order valence-corrected chi connectivity index (χ0v) is 17.8. The van der Waals surface area contributed by atoms with Crippen LogP contribution in [0.2, 0.25) is 0 Å². The molecule has 0 fully saturated rings. The smallest absolute Gasteiger partial charge is 0.309 e. The van der Waals surface area contributed by atoms with Gasteiger partial charge in [-0.15, -0.1) is 0 Å². The molecule has 6 nitrogen and oxygen atoms in total. The van der Waals surface area contributed by atoms with Crippen LogP contribution in [0.3, 0.4) is 0 Å². The third kappa shape index (κ3) is 3.70. The SMILES string of the molecule is CC(=O)c1cc2c(CC(C)(C)C(=O)O)c3ccccc3c(CC(C)(C)C(=O)O)c2o1. The van der Waals surface area contributed by atoms with Crippen LogP contribution in [-0.2, 0) is 22.4 Å². The predicted molar refractivity (Wildman–Crippen MR) is 114 cm³/mol. The van der Waals surface area contributed by atoms with Crippen molar-refractivity contribution >= 4 is 39.5 Å². The normalized spacial score (nSPS) is 12.4. The van der Waals surface area contributed by atoms with Gasteiger partial charge in [-0.25, -0.2) is 0 Å². The highest BCUT2D eigenvalue weighted by molar-refractivity contribution is 6.07. The fourth-order valence-corrected chi connectivity index (χ4v) is 3.69. The number of furan rings is 1. The van der Waals surface area contributed by atoms with E-state index in [0.717, 1.165) is 16.3 Å². The van der Waals surface area contributed by atoms with E-state index in [4.69, 9.17) is 4.42 Å². The van der Waals surface area contributed by atoms with Gasteiger partial charge in [0, 0.05) is 17.9 Å². The molecule has 3 rings (SSSR count). The Morgan fingerprint density at radius 2 is 1.30 bits per heavy atom. The average Bonchev–Trinajstić information content (AvgIpc) is 3.09. The molecule has 0 saturated carbocycles. The molecule has 0 unspecified atom stereocenters. The van der Waals surface area contributed by atoms with Crippen LogP contribution in [0.15, 0.2) is 34.7 Å². The summed E-state index contributed by atoms with van der Waals surface area (Å²) in [4.78, 5) is 35.6. The van der Waals surface area contributed by atoms with E-state index in [9.17, 15) is 24.6 Å². The van der Waals surface area contributed by atoms with Crippen LogP contribution in [0.25, 0.3) is 21.7 Å². The number of Topliss-reactive ketones (excluding diaryl/α,β-unsaturated/α-hetero) is 1. The number of carbonyl (C=O) groups excluding carboxylic acids is 1. The van der Waals surface area contributed by atoms with E-state index in [1.165, 1.54) is 6.92 Å². The lowest BCUT2D eigenvalue weighted by atomic mass is 9.79. The lowest BCUT2D eigenvalue weighted by molar-refractivity contribution is -0.147. The Morgan fingerprint density at radius 3 is 1.77 bits per heavy atom. The average molecular weight is 410 g/mol. The molecule has 6 heteroatoms. The van der Waals surface area contributed by atoms with Gasteiger partial charge in [0.05, 0.1) is 10.8 Å². The van der Waals surface area contributed by atoms with E-state index in [1.807, 2.05) is 24.3 Å². The summed E-state index contributed by atoms with van der Waals surface area (Å²) in [5, 5.41) is 21.6. The fourth-order valence-electron chi connectivity index (χ4n) is 3.69. The molecule has 0 atom stereocenters. The summed E-state index contributed by atoms with van der Waals surface area (Å²) in [7, 11) is 0. The molecule has 0 radical (unpaired) electrons. The fraction of sp³-hybridized carbons (Fsp3) is 0.375. The van der Waals surface area contributed by atoms with Gasteiger partial charge >= 0.3 is 11.9 Å². The summed E-state index contributed by atoms with van der Waals surface area (Å²) in [6.45, 7) is 8.00. The largest absolute Gasteiger partial charge is 0.481 e. The highest BCUT2D eigenvalue weighted by Crippen LogP contribution is 2.40. The summed E-state index contributed by atoms with van der Waals surface area (Å²) < 4.78 is 5.92. The van der Waals surface area contributed by atoms with Crippen molar-refractivity contribution in [3.05, 3.63) is 47.2 Å². The Kier molecular flexibility index (Phi) is 5.23. The number of hydrogen-bond donors (Lipinski definition) is 2. The van der Waals surface area contributed by atoms with E-state index in [0.29, 0.717) is 16.5 Å². The Labute approximate surface area is 174 Å². The number of hydrogen-bond acceptors (Lipinski definition) is 4. The first-order valence-electron chi connectivity index (χ1n) is 9.79. The summed E-state index contributed by atoms with van der Waals surface area (Å²) in [5.41, 5.74) is -0.158. The van der Waals surface area contributed by atoms with Gasteiger partial charge in [-0.05, 0) is 62.9 Å². The van der Waals surface area contributed by atoms with Gasteiger partial charge in [-0.3, -0.25) is 14.4 Å². The van der Waals surface area contributed by atoms with Crippen LogP contribution < -0.4 is 0 Å². The number of carbonyl (C=O) groups is 3. The topological polar surface area (TPSA) is 105 Å². The molecule has 0 aliphatic rings. The number of rotatable bonds is 7. The van der Waals surface area contributed by atoms with E-state index in [2.05, 4.69) is 0 Å². The quantitative estimate of drug-likeness (QED) is 0.525. The molecule has 2 N–H and O–H groups in total. The van der Waals surface area contributed by atoms with E-state index in [1.54, 1.807) is 33.8 Å². The maximum absolute atomic E-state index is 12.0. The number of aliphatic carboxylic acids is 2. The molecule has 0 spiro atoms. The van der Waals surface area contributed by atoms with E-state index >= 15 is 0 Å². The first-order chi connectivity index (χ1) is 13.8. The highest BCUT2D eigenvalue weighted by Gasteiger charge is 2.33. The zero-order chi connectivity index (χ0) is 22.4. The van der Waals surface area contributed by atoms with Crippen LogP contribution in [0, 0.1) is 10.8 Å². The van der Waals surface area contributed by atoms with Gasteiger partial charge in [0.1, 0.15) is 5.58 Å². The van der Waals surface area contributed by atoms with Crippen molar-refractivity contribution in [3.63, 3.8) is 0 Å². The molecule has 30 heavy (non-hydrogen) atoms. The first kappa shape index (κ1) is 21.6. The minimum atomic E-state index is -1.05. The van der Waals surface area contributed by atoms with Gasteiger partial charge in [0.25, 0.3) is 0 Å². The third-order valence-corrected chi connectivity index (χ3v) is 5.65. The molecule has 1 heterocycles. The second kappa shape index (κ2) is 7.27. The summed E-state index contributed by atoms with van der Waals surface area (Å²) >= 11 is 0. The van der Waals surface area contributed by atoms with Crippen LogP contribution in [0.5, 0.6) is 0 Å². The van der Waals surface area contributed by atoms with Crippen molar-refractivity contribution in [2.45, 2.75) is 47.5 Å². The second-order valence-corrected chi connectivity index (χ2v) is 9.14. The van der Waals surface area contributed by atoms with Crippen LogP contribution in [-0.4, -0.2) is 27.9 Å². The number of carboxylic acids is 2.